The molecule has 5 nitrogen and oxygen atoms in total. The lowest BCUT2D eigenvalue weighted by Crippen LogP contribution is -2.43. The summed E-state index contributed by atoms with van der Waals surface area (Å²) in [5, 5.41) is 4.37. The second-order valence-electron chi connectivity index (χ2n) is 10.8. The summed E-state index contributed by atoms with van der Waals surface area (Å²) in [6, 6.07) is 38.4. The van der Waals surface area contributed by atoms with Crippen molar-refractivity contribution in [1.29, 1.82) is 0 Å². The minimum absolute atomic E-state index is 0.384. The topological polar surface area (TPSA) is 43.1 Å². The number of imidazole rings is 1. The zero-order valence-corrected chi connectivity index (χ0v) is 22.2. The van der Waals surface area contributed by atoms with Crippen molar-refractivity contribution in [3.05, 3.63) is 122 Å². The molecule has 0 bridgehead atoms. The van der Waals surface area contributed by atoms with Gasteiger partial charge in [0.15, 0.2) is 7.02 Å². The van der Waals surface area contributed by atoms with E-state index in [9.17, 15) is 0 Å². The normalized spacial score (nSPS) is 17.6. The van der Waals surface area contributed by atoms with Crippen molar-refractivity contribution >= 4 is 57.5 Å². The largest absolute Gasteiger partial charge is 0.465 e. The predicted octanol–water partition coefficient (Wildman–Crippen LogP) is 6.94. The maximum Gasteiger partial charge on any atom is 0.465 e. The maximum absolute atomic E-state index is 15.6. The fourth-order valence-electron chi connectivity index (χ4n) is 7.45. The van der Waals surface area contributed by atoms with Crippen molar-refractivity contribution in [3.8, 4) is 28.2 Å². The van der Waals surface area contributed by atoms with Gasteiger partial charge in [-0.3, -0.25) is 0 Å². The summed E-state index contributed by atoms with van der Waals surface area (Å²) in [5.74, 6) is 0.869. The summed E-state index contributed by atoms with van der Waals surface area (Å²) in [7, 11) is -3.08. The number of aromatic nitrogens is 3. The third-order valence-electron chi connectivity index (χ3n) is 8.93. The highest BCUT2D eigenvalue weighted by atomic mass is 31.2. The fourth-order valence-corrected chi connectivity index (χ4v) is 11.2. The van der Waals surface area contributed by atoms with Gasteiger partial charge in [-0.15, -0.1) is 0 Å². The maximum atomic E-state index is 15.6. The Labute approximate surface area is 230 Å². The molecule has 2 aromatic heterocycles. The van der Waals surface area contributed by atoms with Crippen molar-refractivity contribution in [2.24, 2.45) is 0 Å². The molecule has 0 saturated heterocycles. The van der Waals surface area contributed by atoms with E-state index in [1.165, 1.54) is 10.8 Å². The van der Waals surface area contributed by atoms with Crippen molar-refractivity contribution < 1.29 is 4.57 Å². The number of hydrogen-bond donors (Lipinski definition) is 0. The number of benzene rings is 5. The first kappa shape index (κ1) is 21.1. The average Bonchev–Trinajstić information content (AvgIpc) is 3.74. The van der Waals surface area contributed by atoms with E-state index in [1.54, 1.807) is 0 Å². The molecular weight excluding hydrogens is 510 g/mol. The van der Waals surface area contributed by atoms with Gasteiger partial charge in [-0.1, -0.05) is 72.8 Å². The van der Waals surface area contributed by atoms with Gasteiger partial charge in [-0.2, -0.15) is 0 Å². The van der Waals surface area contributed by atoms with E-state index in [0.717, 1.165) is 61.2 Å². The molecule has 5 heterocycles. The van der Waals surface area contributed by atoms with Crippen LogP contribution in [0.1, 0.15) is 0 Å². The van der Waals surface area contributed by atoms with E-state index in [4.69, 9.17) is 4.98 Å². The molecule has 3 aliphatic rings. The van der Waals surface area contributed by atoms with Crippen LogP contribution in [-0.2, 0) is 4.57 Å². The van der Waals surface area contributed by atoms with Crippen LogP contribution in [0.2, 0.25) is 0 Å². The van der Waals surface area contributed by atoms with Crippen molar-refractivity contribution in [2.45, 2.75) is 0 Å². The Kier molecular flexibility index (Phi) is 3.71. The van der Waals surface area contributed by atoms with Crippen LogP contribution in [0, 0.1) is 0 Å². The van der Waals surface area contributed by atoms with Crippen LogP contribution in [0.4, 0.5) is 11.4 Å². The van der Waals surface area contributed by atoms with Gasteiger partial charge in [-0.25, -0.2) is 4.98 Å². The summed E-state index contributed by atoms with van der Waals surface area (Å²) < 4.78 is 20.1. The molecule has 7 aromatic rings. The highest BCUT2D eigenvalue weighted by molar-refractivity contribution is 8.07. The highest BCUT2D eigenvalue weighted by Gasteiger charge is 2.62. The molecule has 0 N–H and O–H groups in total. The van der Waals surface area contributed by atoms with Crippen molar-refractivity contribution in [1.82, 2.24) is 14.0 Å². The van der Waals surface area contributed by atoms with Crippen LogP contribution in [0.5, 0.6) is 0 Å². The monoisotopic (exact) mass is 530 g/mol. The number of fused-ring (bicyclic) bond motifs is 14. The first-order chi connectivity index (χ1) is 19.7. The fraction of sp³-hybridized carbons (Fsp3) is 0. The molecule has 0 saturated carbocycles. The van der Waals surface area contributed by atoms with Gasteiger partial charge in [0.2, 0.25) is 0 Å². The summed E-state index contributed by atoms with van der Waals surface area (Å²) in [5.41, 5.74) is 8.67. The van der Waals surface area contributed by atoms with Crippen LogP contribution < -0.4 is 15.4 Å². The number of nitrogens with zero attached hydrogens (tertiary/aromatic N) is 4. The lowest BCUT2D eigenvalue weighted by Gasteiger charge is -2.34. The Morgan fingerprint density at radius 2 is 1.35 bits per heavy atom. The Hall–Kier alpha value is -4.80. The van der Waals surface area contributed by atoms with Crippen molar-refractivity contribution in [2.75, 3.05) is 4.81 Å². The van der Waals surface area contributed by atoms with Crippen LogP contribution in [0.25, 0.3) is 50.0 Å². The van der Waals surface area contributed by atoms with Gasteiger partial charge in [0.05, 0.1) is 11.0 Å². The zero-order chi connectivity index (χ0) is 26.2. The number of hydrogen-bond acceptors (Lipinski definition) is 3. The lowest BCUT2D eigenvalue weighted by molar-refractivity contribution is 0.594. The molecule has 1 unspecified atom stereocenters. The molecule has 0 fully saturated rings. The summed E-state index contributed by atoms with van der Waals surface area (Å²) >= 11 is 0. The molecule has 3 aliphatic heterocycles. The molecule has 1 atom stereocenters. The Morgan fingerprint density at radius 1 is 0.675 bits per heavy atom. The molecule has 40 heavy (non-hydrogen) atoms. The summed E-state index contributed by atoms with van der Waals surface area (Å²) in [6.45, 7) is -0.384. The van der Waals surface area contributed by atoms with E-state index in [1.807, 2.05) is 18.5 Å². The first-order valence-corrected chi connectivity index (χ1v) is 15.3. The van der Waals surface area contributed by atoms with E-state index < -0.39 is 7.02 Å². The van der Waals surface area contributed by atoms with Gasteiger partial charge in [0.1, 0.15) is 5.82 Å². The molecule has 10 rings (SSSR count). The third kappa shape index (κ3) is 2.27. The van der Waals surface area contributed by atoms with E-state index in [-0.39, 0.29) is 6.70 Å². The van der Waals surface area contributed by atoms with Crippen molar-refractivity contribution in [3.63, 3.8) is 0 Å². The van der Waals surface area contributed by atoms with Crippen LogP contribution in [0.3, 0.4) is 0 Å². The van der Waals surface area contributed by atoms with Gasteiger partial charge in [0, 0.05) is 56.4 Å². The van der Waals surface area contributed by atoms with E-state index >= 15 is 4.57 Å². The third-order valence-corrected chi connectivity index (χ3v) is 12.3. The highest BCUT2D eigenvalue weighted by Crippen LogP contribution is 2.66. The molecule has 7 heteroatoms. The molecule has 0 radical (unpaired) electrons. The number of para-hydroxylation sites is 3. The van der Waals surface area contributed by atoms with Gasteiger partial charge >= 0.3 is 6.70 Å². The zero-order valence-electron chi connectivity index (χ0n) is 21.3. The van der Waals surface area contributed by atoms with Gasteiger partial charge in [-0.05, 0) is 47.5 Å². The van der Waals surface area contributed by atoms with Crippen LogP contribution in [-0.4, -0.2) is 20.7 Å². The lowest BCUT2D eigenvalue weighted by atomic mass is 9.92. The molecule has 186 valence electrons. The minimum atomic E-state index is -3.08. The van der Waals surface area contributed by atoms with E-state index in [2.05, 4.69) is 117 Å². The first-order valence-electron chi connectivity index (χ1n) is 13.5. The van der Waals surface area contributed by atoms with Gasteiger partial charge in [0.25, 0.3) is 0 Å². The summed E-state index contributed by atoms with van der Waals surface area (Å²) in [4.78, 5) is 7.05. The molecule has 0 spiro atoms. The second kappa shape index (κ2) is 7.04. The van der Waals surface area contributed by atoms with Crippen LogP contribution in [0.15, 0.2) is 122 Å². The standard InChI is InChI=1S/C33H20BN4OP/c39-40-31-16-8-4-11-24(31)26-19-21(37-27-13-5-1-9-22(27)23-10-2-6-14-28(23)37)20-30(32(26)40)38-29-15-7-3-12-25(29)33-35-17-18-36(33)34(38)40/h1-20H. The van der Waals surface area contributed by atoms with E-state index in [0.29, 0.717) is 0 Å². The molecule has 0 amide bonds. The number of rotatable bonds is 1. The summed E-state index contributed by atoms with van der Waals surface area (Å²) in [6.07, 6.45) is 3.82. The Balaban J connectivity index is 1.37. The quantitative estimate of drug-likeness (QED) is 0.171. The Morgan fingerprint density at radius 3 is 2.15 bits per heavy atom. The minimum Gasteiger partial charge on any atom is -0.358 e. The van der Waals surface area contributed by atoms with Crippen LogP contribution >= 0.6 is 7.02 Å². The Bertz CT molecular complexity index is 2250. The smallest absolute Gasteiger partial charge is 0.358 e. The molecule has 0 aliphatic carbocycles. The average molecular weight is 530 g/mol. The predicted molar refractivity (Wildman–Crippen MR) is 164 cm³/mol. The number of anilines is 2. The molecular formula is C33H20BN4OP. The molecule has 5 aromatic carbocycles. The second-order valence-corrected chi connectivity index (χ2v) is 13.5. The SMILES string of the molecule is O=P12B3N(c4ccccc4-c4nccn43)c3cc(-n4c5ccccc5c5ccccc54)cc(c31)-c1ccccc12. The van der Waals surface area contributed by atoms with Gasteiger partial charge < -0.3 is 18.4 Å².